The van der Waals surface area contributed by atoms with Crippen LogP contribution in [0.2, 0.25) is 0 Å². The predicted molar refractivity (Wildman–Crippen MR) is 117 cm³/mol. The third kappa shape index (κ3) is 4.08. The van der Waals surface area contributed by atoms with Gasteiger partial charge in [-0.15, -0.1) is 0 Å². The summed E-state index contributed by atoms with van der Waals surface area (Å²) in [5.74, 6) is -0.563. The number of alkyl halides is 2. The summed E-state index contributed by atoms with van der Waals surface area (Å²) in [5.41, 5.74) is 1.24. The molecule has 2 aromatic heterocycles. The number of pyridine rings is 1. The van der Waals surface area contributed by atoms with E-state index in [-0.39, 0.29) is 11.1 Å². The van der Waals surface area contributed by atoms with Crippen molar-refractivity contribution in [1.29, 1.82) is 0 Å². The standard InChI is InChI=1S/C24H21F3N4O/c1-14(17-9-6-10-18(20(17)25)21(26)27)30-22-19-12-16(11-15-7-4-3-5-8-15)24(32)31(2)23(19)29-13-28-22/h3-10,12-14,21H,11H2,1-2H3,(H,28,29,30)/t14-/m1/s1. The van der Waals surface area contributed by atoms with E-state index in [1.807, 2.05) is 30.3 Å². The SMILES string of the molecule is C[C@@H](Nc1ncnc2c1cc(Cc1ccccc1)c(=O)n2C)c1cccc(C(F)F)c1F. The molecular weight excluding hydrogens is 417 g/mol. The number of anilines is 1. The van der Waals surface area contributed by atoms with E-state index in [0.29, 0.717) is 28.8 Å². The Balaban J connectivity index is 1.75. The van der Waals surface area contributed by atoms with Gasteiger partial charge in [-0.25, -0.2) is 23.1 Å². The molecule has 1 N–H and O–H groups in total. The molecule has 32 heavy (non-hydrogen) atoms. The summed E-state index contributed by atoms with van der Waals surface area (Å²) in [5, 5.41) is 3.68. The molecule has 0 unspecified atom stereocenters. The summed E-state index contributed by atoms with van der Waals surface area (Å²) < 4.78 is 42.3. The van der Waals surface area contributed by atoms with Crippen molar-refractivity contribution in [2.75, 3.05) is 5.32 Å². The quantitative estimate of drug-likeness (QED) is 0.451. The fraction of sp³-hybridized carbons (Fsp3) is 0.208. The Bertz CT molecular complexity index is 1320. The molecule has 2 heterocycles. The number of aromatic nitrogens is 3. The fourth-order valence-corrected chi connectivity index (χ4v) is 3.75. The lowest BCUT2D eigenvalue weighted by molar-refractivity contribution is 0.146. The van der Waals surface area contributed by atoms with E-state index in [1.165, 1.54) is 23.0 Å². The first-order valence-corrected chi connectivity index (χ1v) is 10.1. The highest BCUT2D eigenvalue weighted by Crippen LogP contribution is 2.30. The van der Waals surface area contributed by atoms with Gasteiger partial charge in [0.2, 0.25) is 0 Å². The average Bonchev–Trinajstić information content (AvgIpc) is 2.78. The number of hydrogen-bond donors (Lipinski definition) is 1. The van der Waals surface area contributed by atoms with Crippen LogP contribution in [0.15, 0.2) is 65.7 Å². The van der Waals surface area contributed by atoms with Gasteiger partial charge >= 0.3 is 0 Å². The molecule has 4 rings (SSSR count). The fourth-order valence-electron chi connectivity index (χ4n) is 3.75. The van der Waals surface area contributed by atoms with Gasteiger partial charge < -0.3 is 5.32 Å². The Kier molecular flexibility index (Phi) is 5.94. The van der Waals surface area contributed by atoms with Gasteiger partial charge in [0.1, 0.15) is 23.6 Å². The number of nitrogens with zero attached hydrogens (tertiary/aromatic N) is 3. The Labute approximate surface area is 182 Å². The van der Waals surface area contributed by atoms with Crippen LogP contribution in [0.3, 0.4) is 0 Å². The number of benzene rings is 2. The molecule has 5 nitrogen and oxygen atoms in total. The normalized spacial score (nSPS) is 12.3. The molecule has 2 aromatic carbocycles. The van der Waals surface area contributed by atoms with Gasteiger partial charge in [0, 0.05) is 24.6 Å². The Hall–Kier alpha value is -3.68. The first-order valence-electron chi connectivity index (χ1n) is 10.1. The van der Waals surface area contributed by atoms with E-state index in [0.717, 1.165) is 11.6 Å². The molecule has 0 fully saturated rings. The zero-order valence-corrected chi connectivity index (χ0v) is 17.5. The van der Waals surface area contributed by atoms with E-state index < -0.39 is 23.8 Å². The molecule has 0 saturated heterocycles. The van der Waals surface area contributed by atoms with Crippen LogP contribution in [-0.4, -0.2) is 14.5 Å². The Morgan fingerprint density at radius 2 is 1.75 bits per heavy atom. The van der Waals surface area contributed by atoms with Gasteiger partial charge in [-0.1, -0.05) is 48.5 Å². The highest BCUT2D eigenvalue weighted by molar-refractivity contribution is 5.87. The van der Waals surface area contributed by atoms with Crippen LogP contribution in [0.5, 0.6) is 0 Å². The number of aryl methyl sites for hydroxylation is 1. The van der Waals surface area contributed by atoms with Crippen LogP contribution in [0.4, 0.5) is 19.0 Å². The lowest BCUT2D eigenvalue weighted by atomic mass is 10.0. The molecule has 164 valence electrons. The summed E-state index contributed by atoms with van der Waals surface area (Å²) >= 11 is 0. The molecule has 1 atom stereocenters. The molecule has 0 spiro atoms. The van der Waals surface area contributed by atoms with Gasteiger partial charge in [-0.05, 0) is 18.6 Å². The van der Waals surface area contributed by atoms with Crippen LogP contribution >= 0.6 is 0 Å². The molecule has 0 aliphatic carbocycles. The molecule has 0 saturated carbocycles. The van der Waals surface area contributed by atoms with E-state index in [1.54, 1.807) is 20.0 Å². The van der Waals surface area contributed by atoms with Crippen molar-refractivity contribution in [1.82, 2.24) is 14.5 Å². The van der Waals surface area contributed by atoms with Crippen LogP contribution in [-0.2, 0) is 13.5 Å². The van der Waals surface area contributed by atoms with E-state index in [4.69, 9.17) is 0 Å². The average molecular weight is 438 g/mol. The van der Waals surface area contributed by atoms with Gasteiger partial charge in [0.15, 0.2) is 0 Å². The highest BCUT2D eigenvalue weighted by Gasteiger charge is 2.20. The first-order chi connectivity index (χ1) is 15.4. The van der Waals surface area contributed by atoms with E-state index in [2.05, 4.69) is 15.3 Å². The van der Waals surface area contributed by atoms with Crippen LogP contribution < -0.4 is 10.9 Å². The maximum absolute atomic E-state index is 14.6. The number of nitrogens with one attached hydrogen (secondary N) is 1. The van der Waals surface area contributed by atoms with Gasteiger partial charge in [-0.3, -0.25) is 9.36 Å². The second-order valence-electron chi connectivity index (χ2n) is 7.57. The largest absolute Gasteiger partial charge is 0.363 e. The summed E-state index contributed by atoms with van der Waals surface area (Å²) in [6, 6.07) is 14.6. The highest BCUT2D eigenvalue weighted by atomic mass is 19.3. The minimum atomic E-state index is -2.91. The van der Waals surface area contributed by atoms with Crippen molar-refractivity contribution in [2.45, 2.75) is 25.8 Å². The molecule has 0 amide bonds. The maximum atomic E-state index is 14.6. The molecule has 0 aliphatic rings. The summed E-state index contributed by atoms with van der Waals surface area (Å²) in [6.45, 7) is 1.66. The van der Waals surface area contributed by atoms with Crippen LogP contribution in [0.25, 0.3) is 11.0 Å². The maximum Gasteiger partial charge on any atom is 0.266 e. The van der Waals surface area contributed by atoms with Gasteiger partial charge in [0.05, 0.1) is 17.0 Å². The second-order valence-corrected chi connectivity index (χ2v) is 7.57. The van der Waals surface area contributed by atoms with Crippen LogP contribution in [0, 0.1) is 5.82 Å². The van der Waals surface area contributed by atoms with Crippen molar-refractivity contribution in [3.05, 3.63) is 99.3 Å². The minimum absolute atomic E-state index is 0.101. The number of fused-ring (bicyclic) bond motifs is 1. The predicted octanol–water partition coefficient (Wildman–Crippen LogP) is 5.17. The third-order valence-electron chi connectivity index (χ3n) is 5.43. The number of rotatable bonds is 6. The third-order valence-corrected chi connectivity index (χ3v) is 5.43. The molecule has 8 heteroatoms. The van der Waals surface area contributed by atoms with Crippen molar-refractivity contribution in [3.63, 3.8) is 0 Å². The van der Waals surface area contributed by atoms with Crippen molar-refractivity contribution >= 4 is 16.9 Å². The van der Waals surface area contributed by atoms with Gasteiger partial charge in [0.25, 0.3) is 12.0 Å². The summed E-state index contributed by atoms with van der Waals surface area (Å²) in [7, 11) is 1.63. The van der Waals surface area contributed by atoms with E-state index >= 15 is 0 Å². The molecule has 0 radical (unpaired) electrons. The molecular formula is C24H21F3N4O. The smallest absolute Gasteiger partial charge is 0.266 e. The first kappa shape index (κ1) is 21.5. The Morgan fingerprint density at radius 1 is 1.03 bits per heavy atom. The van der Waals surface area contributed by atoms with Crippen molar-refractivity contribution in [3.8, 4) is 0 Å². The van der Waals surface area contributed by atoms with E-state index in [9.17, 15) is 18.0 Å². The minimum Gasteiger partial charge on any atom is -0.363 e. The monoisotopic (exact) mass is 438 g/mol. The molecule has 0 aliphatic heterocycles. The lowest BCUT2D eigenvalue weighted by Crippen LogP contribution is -2.23. The Morgan fingerprint density at radius 3 is 2.47 bits per heavy atom. The summed E-state index contributed by atoms with van der Waals surface area (Å²) in [4.78, 5) is 21.3. The second kappa shape index (κ2) is 8.82. The van der Waals surface area contributed by atoms with Crippen molar-refractivity contribution < 1.29 is 13.2 Å². The topological polar surface area (TPSA) is 59.8 Å². The zero-order valence-electron chi connectivity index (χ0n) is 17.5. The number of halogens is 3. The zero-order chi connectivity index (χ0) is 22.8. The van der Waals surface area contributed by atoms with Gasteiger partial charge in [-0.2, -0.15) is 0 Å². The van der Waals surface area contributed by atoms with Crippen molar-refractivity contribution in [2.24, 2.45) is 7.05 Å². The van der Waals surface area contributed by atoms with Crippen LogP contribution in [0.1, 0.15) is 41.6 Å². The number of hydrogen-bond acceptors (Lipinski definition) is 4. The summed E-state index contributed by atoms with van der Waals surface area (Å²) in [6.07, 6.45) is -1.17. The molecule has 4 aromatic rings. The lowest BCUT2D eigenvalue weighted by Gasteiger charge is -2.19. The molecule has 0 bridgehead atoms.